The number of nitrogens with zero attached hydrogens (tertiary/aromatic N) is 1. The fraction of sp³-hybridized carbons (Fsp3) is 0.235. The summed E-state index contributed by atoms with van der Waals surface area (Å²) in [6.45, 7) is 1.48. The highest BCUT2D eigenvalue weighted by atomic mass is 32.2. The SMILES string of the molecule is COc1ccc(N([C@@H](C)C(=O)Nc2ccc(F)cc2)S(C)(=O)=O)cc1. The van der Waals surface area contributed by atoms with Crippen molar-refractivity contribution in [3.8, 4) is 5.75 Å². The molecule has 2 rings (SSSR count). The molecule has 0 aliphatic carbocycles. The molecule has 6 nitrogen and oxygen atoms in total. The zero-order chi connectivity index (χ0) is 18.6. The quantitative estimate of drug-likeness (QED) is 0.853. The first-order valence-corrected chi connectivity index (χ1v) is 9.27. The monoisotopic (exact) mass is 366 g/mol. The van der Waals surface area contributed by atoms with Gasteiger partial charge >= 0.3 is 0 Å². The Morgan fingerprint density at radius 1 is 1.12 bits per heavy atom. The zero-order valence-electron chi connectivity index (χ0n) is 14.1. The second-order valence-corrected chi connectivity index (χ2v) is 7.29. The number of hydrogen-bond acceptors (Lipinski definition) is 4. The van der Waals surface area contributed by atoms with Crippen LogP contribution in [-0.4, -0.2) is 33.7 Å². The number of benzene rings is 2. The lowest BCUT2D eigenvalue weighted by atomic mass is 10.2. The number of rotatable bonds is 6. The van der Waals surface area contributed by atoms with E-state index < -0.39 is 27.8 Å². The Morgan fingerprint density at radius 3 is 2.16 bits per heavy atom. The number of anilines is 2. The molecule has 0 heterocycles. The summed E-state index contributed by atoms with van der Waals surface area (Å²) >= 11 is 0. The highest BCUT2D eigenvalue weighted by Gasteiger charge is 2.29. The molecule has 134 valence electrons. The highest BCUT2D eigenvalue weighted by molar-refractivity contribution is 7.92. The fourth-order valence-corrected chi connectivity index (χ4v) is 3.49. The number of hydrogen-bond donors (Lipinski definition) is 1. The van der Waals surface area contributed by atoms with E-state index in [0.717, 1.165) is 10.6 Å². The second kappa shape index (κ2) is 7.52. The smallest absolute Gasteiger partial charge is 0.247 e. The number of ether oxygens (including phenoxy) is 1. The van der Waals surface area contributed by atoms with Crippen LogP contribution >= 0.6 is 0 Å². The van der Waals surface area contributed by atoms with Crippen LogP contribution in [0.15, 0.2) is 48.5 Å². The predicted octanol–water partition coefficient (Wildman–Crippen LogP) is 2.63. The van der Waals surface area contributed by atoms with Crippen LogP contribution in [0.2, 0.25) is 0 Å². The molecule has 2 aromatic rings. The normalized spacial score (nSPS) is 12.3. The van der Waals surface area contributed by atoms with Gasteiger partial charge in [-0.25, -0.2) is 12.8 Å². The van der Waals surface area contributed by atoms with E-state index in [0.29, 0.717) is 17.1 Å². The number of nitrogens with one attached hydrogen (secondary N) is 1. The van der Waals surface area contributed by atoms with Crippen molar-refractivity contribution in [2.24, 2.45) is 0 Å². The largest absolute Gasteiger partial charge is 0.497 e. The van der Waals surface area contributed by atoms with Gasteiger partial charge in [0.25, 0.3) is 0 Å². The Labute approximate surface area is 146 Å². The van der Waals surface area contributed by atoms with Crippen molar-refractivity contribution >= 4 is 27.3 Å². The number of halogens is 1. The van der Waals surface area contributed by atoms with Gasteiger partial charge in [0.05, 0.1) is 19.1 Å². The summed E-state index contributed by atoms with van der Waals surface area (Å²) in [7, 11) is -2.21. The second-order valence-electron chi connectivity index (χ2n) is 5.43. The Kier molecular flexibility index (Phi) is 5.63. The van der Waals surface area contributed by atoms with E-state index in [4.69, 9.17) is 4.74 Å². The van der Waals surface area contributed by atoms with Crippen LogP contribution in [0.4, 0.5) is 15.8 Å². The molecule has 0 unspecified atom stereocenters. The molecule has 1 N–H and O–H groups in total. The maximum Gasteiger partial charge on any atom is 0.247 e. The van der Waals surface area contributed by atoms with Gasteiger partial charge in [0.15, 0.2) is 0 Å². The molecule has 0 radical (unpaired) electrons. The molecule has 2 aromatic carbocycles. The Hall–Kier alpha value is -2.61. The number of amides is 1. The molecule has 0 saturated heterocycles. The predicted molar refractivity (Wildman–Crippen MR) is 94.8 cm³/mol. The van der Waals surface area contributed by atoms with Gasteiger partial charge in [0.2, 0.25) is 15.9 Å². The lowest BCUT2D eigenvalue weighted by Gasteiger charge is -2.28. The van der Waals surface area contributed by atoms with Gasteiger partial charge in [-0.3, -0.25) is 9.10 Å². The first kappa shape index (κ1) is 18.7. The van der Waals surface area contributed by atoms with Crippen LogP contribution < -0.4 is 14.4 Å². The first-order valence-electron chi connectivity index (χ1n) is 7.42. The summed E-state index contributed by atoms with van der Waals surface area (Å²) in [6.07, 6.45) is 1.03. The summed E-state index contributed by atoms with van der Waals surface area (Å²) in [6, 6.07) is 10.5. The van der Waals surface area contributed by atoms with Crippen LogP contribution in [0, 0.1) is 5.82 Å². The fourth-order valence-electron chi connectivity index (χ4n) is 2.32. The van der Waals surface area contributed by atoms with Gasteiger partial charge in [-0.05, 0) is 55.5 Å². The first-order chi connectivity index (χ1) is 11.7. The number of methoxy groups -OCH3 is 1. The standard InChI is InChI=1S/C17H19FN2O4S/c1-12(17(21)19-14-6-4-13(18)5-7-14)20(25(3,22)23)15-8-10-16(24-2)11-9-15/h4-12H,1-3H3,(H,19,21)/t12-/m0/s1. The Bertz CT molecular complexity index is 836. The van der Waals surface area contributed by atoms with E-state index in [9.17, 15) is 17.6 Å². The van der Waals surface area contributed by atoms with Crippen molar-refractivity contribution in [3.63, 3.8) is 0 Å². The third kappa shape index (κ3) is 4.69. The molecule has 0 aliphatic rings. The van der Waals surface area contributed by atoms with Crippen molar-refractivity contribution in [3.05, 3.63) is 54.3 Å². The average molecular weight is 366 g/mol. The maximum atomic E-state index is 12.9. The number of carbonyl (C=O) groups is 1. The molecule has 0 aromatic heterocycles. The average Bonchev–Trinajstić information content (AvgIpc) is 2.56. The Morgan fingerprint density at radius 2 is 1.68 bits per heavy atom. The minimum absolute atomic E-state index is 0.338. The molecule has 8 heteroatoms. The number of carbonyl (C=O) groups excluding carboxylic acids is 1. The van der Waals surface area contributed by atoms with Crippen LogP contribution in [0.5, 0.6) is 5.75 Å². The van der Waals surface area contributed by atoms with Gasteiger partial charge in [0.1, 0.15) is 17.6 Å². The van der Waals surface area contributed by atoms with Gasteiger partial charge in [-0.2, -0.15) is 0 Å². The van der Waals surface area contributed by atoms with E-state index in [1.165, 1.54) is 38.3 Å². The van der Waals surface area contributed by atoms with Crippen LogP contribution in [-0.2, 0) is 14.8 Å². The molecule has 0 fully saturated rings. The zero-order valence-corrected chi connectivity index (χ0v) is 14.9. The molecule has 25 heavy (non-hydrogen) atoms. The summed E-state index contributed by atoms with van der Waals surface area (Å²) in [4.78, 5) is 12.4. The number of sulfonamides is 1. The van der Waals surface area contributed by atoms with Gasteiger partial charge in [-0.1, -0.05) is 0 Å². The minimum atomic E-state index is -3.71. The molecule has 0 aliphatic heterocycles. The molecule has 0 saturated carbocycles. The van der Waals surface area contributed by atoms with Gasteiger partial charge in [0, 0.05) is 5.69 Å². The summed E-state index contributed by atoms with van der Waals surface area (Å²) in [5.74, 6) is -0.393. The molecular formula is C17H19FN2O4S. The lowest BCUT2D eigenvalue weighted by molar-refractivity contribution is -0.116. The van der Waals surface area contributed by atoms with Gasteiger partial charge < -0.3 is 10.1 Å². The van der Waals surface area contributed by atoms with E-state index in [2.05, 4.69) is 5.32 Å². The summed E-state index contributed by atoms with van der Waals surface area (Å²) in [5.41, 5.74) is 0.714. The Balaban J connectivity index is 2.27. The van der Waals surface area contributed by atoms with E-state index in [-0.39, 0.29) is 0 Å². The third-order valence-corrected chi connectivity index (χ3v) is 4.77. The van der Waals surface area contributed by atoms with Crippen LogP contribution in [0.25, 0.3) is 0 Å². The van der Waals surface area contributed by atoms with Crippen LogP contribution in [0.1, 0.15) is 6.92 Å². The highest BCUT2D eigenvalue weighted by Crippen LogP contribution is 2.24. The van der Waals surface area contributed by atoms with Gasteiger partial charge in [-0.15, -0.1) is 0 Å². The summed E-state index contributed by atoms with van der Waals surface area (Å²) < 4.78 is 43.4. The lowest BCUT2D eigenvalue weighted by Crippen LogP contribution is -2.45. The minimum Gasteiger partial charge on any atom is -0.497 e. The third-order valence-electron chi connectivity index (χ3n) is 3.53. The van der Waals surface area contributed by atoms with E-state index in [1.807, 2.05) is 0 Å². The van der Waals surface area contributed by atoms with Crippen molar-refractivity contribution in [2.75, 3.05) is 23.0 Å². The maximum absolute atomic E-state index is 12.9. The van der Waals surface area contributed by atoms with E-state index >= 15 is 0 Å². The summed E-state index contributed by atoms with van der Waals surface area (Å²) in [5, 5.41) is 2.58. The molecular weight excluding hydrogens is 347 g/mol. The van der Waals surface area contributed by atoms with Crippen molar-refractivity contribution < 1.29 is 22.3 Å². The van der Waals surface area contributed by atoms with Crippen LogP contribution in [0.3, 0.4) is 0 Å². The van der Waals surface area contributed by atoms with E-state index in [1.54, 1.807) is 24.3 Å². The molecule has 0 bridgehead atoms. The topological polar surface area (TPSA) is 75.7 Å². The van der Waals surface area contributed by atoms with Crippen molar-refractivity contribution in [1.82, 2.24) is 0 Å². The molecule has 1 atom stereocenters. The van der Waals surface area contributed by atoms with Crippen molar-refractivity contribution in [2.45, 2.75) is 13.0 Å². The molecule has 1 amide bonds. The molecule has 0 spiro atoms. The van der Waals surface area contributed by atoms with Crippen molar-refractivity contribution in [1.29, 1.82) is 0 Å².